The molecule has 0 bridgehead atoms. The number of carbonyl (C=O) groups is 1. The number of nitrogens with zero attached hydrogens (tertiary/aromatic N) is 2. The Morgan fingerprint density at radius 3 is 2.36 bits per heavy atom. The number of fused-ring (bicyclic) bond motifs is 1. The predicted molar refractivity (Wildman–Crippen MR) is 112 cm³/mol. The van der Waals surface area contributed by atoms with Gasteiger partial charge in [-0.3, -0.25) is 0 Å². The van der Waals surface area contributed by atoms with Gasteiger partial charge in [0, 0.05) is 21.8 Å². The summed E-state index contributed by atoms with van der Waals surface area (Å²) < 4.78 is 7.97. The number of hydrogen-bond acceptors (Lipinski definition) is 3. The summed E-state index contributed by atoms with van der Waals surface area (Å²) in [7, 11) is 6.14. The molecule has 148 valence electrons. The first kappa shape index (κ1) is 20.2. The zero-order valence-electron chi connectivity index (χ0n) is 16.9. The highest BCUT2D eigenvalue weighted by molar-refractivity contribution is 6.30. The average molecular weight is 402 g/mol. The Kier molecular flexibility index (Phi) is 5.41. The van der Waals surface area contributed by atoms with Crippen molar-refractivity contribution in [1.29, 1.82) is 0 Å². The molecular weight excluding hydrogens is 376 g/mol. The number of benzene rings is 2. The third-order valence-corrected chi connectivity index (χ3v) is 4.90. The number of rotatable bonds is 5. The first-order valence-electron chi connectivity index (χ1n) is 9.23. The van der Waals surface area contributed by atoms with Crippen molar-refractivity contribution < 1.29 is 19.1 Å². The zero-order valence-corrected chi connectivity index (χ0v) is 17.7. The molecule has 5 nitrogen and oxygen atoms in total. The van der Waals surface area contributed by atoms with Gasteiger partial charge >= 0.3 is 5.97 Å². The Morgan fingerprint density at radius 1 is 1.14 bits per heavy atom. The summed E-state index contributed by atoms with van der Waals surface area (Å²) in [6, 6.07) is 11.0. The van der Waals surface area contributed by atoms with E-state index in [2.05, 4.69) is 0 Å². The summed E-state index contributed by atoms with van der Waals surface area (Å²) in [4.78, 5) is 12.9. The molecule has 1 heterocycles. The maximum Gasteiger partial charge on any atom is 0.340 e. The van der Waals surface area contributed by atoms with Crippen LogP contribution in [0.1, 0.15) is 28.5 Å². The normalized spacial score (nSPS) is 11.8. The average Bonchev–Trinajstić information content (AvgIpc) is 2.90. The highest BCUT2D eigenvalue weighted by atomic mass is 35.5. The van der Waals surface area contributed by atoms with Crippen molar-refractivity contribution in [3.05, 3.63) is 58.2 Å². The standard InChI is InChI=1S/C22H25ClN2O3/c1-6-28-22(27)20-14(2)24(16-9-7-15(23)8-10-16)18-11-12-19(26)17(21(18)20)13-25(3,4)5/h7-12H,6,13H2,1-5H3/p+1. The lowest BCUT2D eigenvalue weighted by Crippen LogP contribution is -2.33. The molecule has 0 aliphatic heterocycles. The summed E-state index contributed by atoms with van der Waals surface area (Å²) in [5, 5.41) is 12.0. The van der Waals surface area contributed by atoms with E-state index in [1.54, 1.807) is 13.0 Å². The number of aromatic nitrogens is 1. The van der Waals surface area contributed by atoms with E-state index in [1.165, 1.54) is 0 Å². The molecule has 0 aliphatic rings. The lowest BCUT2D eigenvalue weighted by Gasteiger charge is -2.25. The second-order valence-corrected chi connectivity index (χ2v) is 8.33. The molecular formula is C22H26ClN2O3+. The number of aromatic hydroxyl groups is 1. The van der Waals surface area contributed by atoms with Crippen molar-refractivity contribution in [1.82, 2.24) is 4.57 Å². The van der Waals surface area contributed by atoms with E-state index in [-0.39, 0.29) is 18.3 Å². The van der Waals surface area contributed by atoms with Crippen LogP contribution in [-0.4, -0.2) is 47.9 Å². The molecule has 0 unspecified atom stereocenters. The van der Waals surface area contributed by atoms with Gasteiger partial charge in [0.1, 0.15) is 12.3 Å². The van der Waals surface area contributed by atoms with Crippen molar-refractivity contribution in [2.45, 2.75) is 20.4 Å². The van der Waals surface area contributed by atoms with Crippen LogP contribution in [0, 0.1) is 6.92 Å². The SMILES string of the molecule is CCOC(=O)c1c(C)n(-c2ccc(Cl)cc2)c2ccc(O)c(C[N+](C)(C)C)c12. The zero-order chi connectivity index (χ0) is 20.6. The minimum atomic E-state index is -0.383. The van der Waals surface area contributed by atoms with Crippen LogP contribution < -0.4 is 0 Å². The first-order valence-corrected chi connectivity index (χ1v) is 9.61. The van der Waals surface area contributed by atoms with Crippen LogP contribution >= 0.6 is 11.6 Å². The van der Waals surface area contributed by atoms with Gasteiger partial charge in [0.15, 0.2) is 0 Å². The molecule has 1 aromatic heterocycles. The number of hydrogen-bond donors (Lipinski definition) is 1. The predicted octanol–water partition coefficient (Wildman–Crippen LogP) is 4.68. The Balaban J connectivity index is 2.40. The third kappa shape index (κ3) is 3.73. The lowest BCUT2D eigenvalue weighted by atomic mass is 10.0. The van der Waals surface area contributed by atoms with Crippen LogP contribution in [0.4, 0.5) is 0 Å². The van der Waals surface area contributed by atoms with Crippen molar-refractivity contribution in [3.63, 3.8) is 0 Å². The number of phenols is 1. The molecule has 0 spiro atoms. The minimum absolute atomic E-state index is 0.180. The van der Waals surface area contributed by atoms with Gasteiger partial charge in [0.05, 0.1) is 44.4 Å². The number of esters is 1. The molecule has 0 atom stereocenters. The highest BCUT2D eigenvalue weighted by Gasteiger charge is 2.27. The van der Waals surface area contributed by atoms with Crippen LogP contribution in [0.15, 0.2) is 36.4 Å². The van der Waals surface area contributed by atoms with Gasteiger partial charge in [0.25, 0.3) is 0 Å². The van der Waals surface area contributed by atoms with Crippen molar-refractivity contribution in [2.75, 3.05) is 27.7 Å². The molecule has 3 aromatic rings. The van der Waals surface area contributed by atoms with Crippen LogP contribution in [0.25, 0.3) is 16.6 Å². The monoisotopic (exact) mass is 401 g/mol. The van der Waals surface area contributed by atoms with E-state index < -0.39 is 0 Å². The first-order chi connectivity index (χ1) is 13.1. The summed E-state index contributed by atoms with van der Waals surface area (Å²) in [6.45, 7) is 4.54. The van der Waals surface area contributed by atoms with Gasteiger partial charge < -0.3 is 18.9 Å². The molecule has 0 saturated heterocycles. The topological polar surface area (TPSA) is 51.5 Å². The molecule has 0 radical (unpaired) electrons. The van der Waals surface area contributed by atoms with E-state index in [1.807, 2.05) is 63.0 Å². The molecule has 6 heteroatoms. The van der Waals surface area contributed by atoms with Gasteiger partial charge in [-0.15, -0.1) is 0 Å². The van der Waals surface area contributed by atoms with Crippen molar-refractivity contribution in [2.24, 2.45) is 0 Å². The van der Waals surface area contributed by atoms with E-state index in [0.29, 0.717) is 21.6 Å². The summed E-state index contributed by atoms with van der Waals surface area (Å²) in [6.07, 6.45) is 0. The van der Waals surface area contributed by atoms with Crippen molar-refractivity contribution in [3.8, 4) is 11.4 Å². The van der Waals surface area contributed by atoms with Crippen LogP contribution in [0.5, 0.6) is 5.75 Å². The Hall–Kier alpha value is -2.50. The number of ether oxygens (including phenoxy) is 1. The van der Waals surface area contributed by atoms with Gasteiger partial charge in [-0.05, 0) is 50.2 Å². The maximum absolute atomic E-state index is 12.9. The quantitative estimate of drug-likeness (QED) is 0.498. The molecule has 3 rings (SSSR count). The number of halogens is 1. The number of phenolic OH excluding ortho intramolecular Hbond substituents is 1. The second-order valence-electron chi connectivity index (χ2n) is 7.90. The van der Waals surface area contributed by atoms with Crippen LogP contribution in [-0.2, 0) is 11.3 Å². The maximum atomic E-state index is 12.9. The van der Waals surface area contributed by atoms with Crippen LogP contribution in [0.2, 0.25) is 5.02 Å². The van der Waals surface area contributed by atoms with E-state index in [9.17, 15) is 9.90 Å². The van der Waals surface area contributed by atoms with Gasteiger partial charge in [-0.1, -0.05) is 11.6 Å². The minimum Gasteiger partial charge on any atom is -0.507 e. The van der Waals surface area contributed by atoms with Gasteiger partial charge in [-0.2, -0.15) is 0 Å². The van der Waals surface area contributed by atoms with Crippen LogP contribution in [0.3, 0.4) is 0 Å². The smallest absolute Gasteiger partial charge is 0.340 e. The molecule has 2 aromatic carbocycles. The summed E-state index contributed by atoms with van der Waals surface area (Å²) in [5.41, 5.74) is 3.74. The van der Waals surface area contributed by atoms with Gasteiger partial charge in [0.2, 0.25) is 0 Å². The Bertz CT molecular complexity index is 1030. The fourth-order valence-electron chi connectivity index (χ4n) is 3.57. The molecule has 28 heavy (non-hydrogen) atoms. The number of carbonyl (C=O) groups excluding carboxylic acids is 1. The molecule has 0 aliphatic carbocycles. The molecule has 1 N–H and O–H groups in total. The Morgan fingerprint density at radius 2 is 1.79 bits per heavy atom. The highest BCUT2D eigenvalue weighted by Crippen LogP contribution is 2.37. The molecule has 0 amide bonds. The Labute approximate surface area is 170 Å². The van der Waals surface area contributed by atoms with Gasteiger partial charge in [-0.25, -0.2) is 4.79 Å². The lowest BCUT2D eigenvalue weighted by molar-refractivity contribution is -0.883. The largest absolute Gasteiger partial charge is 0.507 e. The summed E-state index contributed by atoms with van der Waals surface area (Å²) >= 11 is 6.05. The van der Waals surface area contributed by atoms with E-state index in [4.69, 9.17) is 16.3 Å². The van der Waals surface area contributed by atoms with Crippen molar-refractivity contribution >= 4 is 28.5 Å². The third-order valence-electron chi connectivity index (χ3n) is 4.65. The van der Waals surface area contributed by atoms with E-state index >= 15 is 0 Å². The fourth-order valence-corrected chi connectivity index (χ4v) is 3.70. The summed E-state index contributed by atoms with van der Waals surface area (Å²) in [5.74, 6) is -0.203. The number of quaternary nitrogens is 1. The fraction of sp³-hybridized carbons (Fsp3) is 0.318. The molecule has 0 fully saturated rings. The second kappa shape index (κ2) is 7.49. The van der Waals surface area contributed by atoms with E-state index in [0.717, 1.165) is 27.8 Å². The molecule has 0 saturated carbocycles.